The Bertz CT molecular complexity index is 1200. The van der Waals surface area contributed by atoms with Gasteiger partial charge < -0.3 is 10.00 Å². The first-order chi connectivity index (χ1) is 14.0. The van der Waals surface area contributed by atoms with Crippen molar-refractivity contribution in [3.8, 4) is 5.75 Å². The standard InChI is InChI=1S/C24H19O4P.K/c1-16-13-14-17-8-2-3-9-18(17)22(16)23(26)24(19-10-4-5-11-20(19)25)15-7-6-12-21(24)29(27)28;/h2-15,21,25H,1H3;/q;+1. The van der Waals surface area contributed by atoms with Crippen LogP contribution in [0.3, 0.4) is 0 Å². The van der Waals surface area contributed by atoms with Crippen LogP contribution >= 0.6 is 8.03 Å². The molecule has 0 amide bonds. The van der Waals surface area contributed by atoms with Crippen LogP contribution in [0.15, 0.2) is 85.0 Å². The molecule has 0 heterocycles. The maximum absolute atomic E-state index is 14.2. The van der Waals surface area contributed by atoms with Crippen LogP contribution in [-0.2, 0) is 9.98 Å². The zero-order valence-corrected chi connectivity index (χ0v) is 20.8. The zero-order chi connectivity index (χ0) is 20.6. The van der Waals surface area contributed by atoms with Crippen LogP contribution in [0.2, 0.25) is 0 Å². The van der Waals surface area contributed by atoms with E-state index in [0.717, 1.165) is 16.3 Å². The Hall–Kier alpha value is -1.43. The molecule has 4 rings (SSSR count). The quantitative estimate of drug-likeness (QED) is 0.379. The van der Waals surface area contributed by atoms with Gasteiger partial charge in [-0.15, -0.1) is 0 Å². The van der Waals surface area contributed by atoms with E-state index < -0.39 is 19.1 Å². The van der Waals surface area contributed by atoms with Crippen molar-refractivity contribution in [3.05, 3.63) is 102 Å². The number of carbonyl (C=O) groups is 1. The molecule has 3 unspecified atom stereocenters. The summed E-state index contributed by atoms with van der Waals surface area (Å²) in [6, 6.07) is 17.8. The minimum atomic E-state index is -2.99. The average Bonchev–Trinajstić information content (AvgIpc) is 2.73. The summed E-state index contributed by atoms with van der Waals surface area (Å²) in [5.74, 6) is -0.460. The predicted octanol–water partition coefficient (Wildman–Crippen LogP) is 1.58. The fraction of sp³-hybridized carbons (Fsp3) is 0.125. The summed E-state index contributed by atoms with van der Waals surface area (Å²) in [5, 5.41) is 12.3. The van der Waals surface area contributed by atoms with Crippen LogP contribution in [0.25, 0.3) is 10.8 Å². The Morgan fingerprint density at radius 3 is 2.47 bits per heavy atom. The maximum atomic E-state index is 14.2. The Kier molecular flexibility index (Phi) is 7.26. The van der Waals surface area contributed by atoms with E-state index in [1.165, 1.54) is 12.1 Å². The van der Waals surface area contributed by atoms with Crippen LogP contribution in [0.1, 0.15) is 21.5 Å². The third-order valence-corrected chi connectivity index (χ3v) is 6.58. The van der Waals surface area contributed by atoms with E-state index in [4.69, 9.17) is 0 Å². The molecule has 0 aromatic heterocycles. The molecule has 0 saturated carbocycles. The van der Waals surface area contributed by atoms with Gasteiger partial charge >= 0.3 is 59.4 Å². The molecule has 0 fully saturated rings. The van der Waals surface area contributed by atoms with Crippen molar-refractivity contribution < 1.29 is 70.7 Å². The van der Waals surface area contributed by atoms with E-state index in [1.807, 2.05) is 43.3 Å². The van der Waals surface area contributed by atoms with Gasteiger partial charge in [0, 0.05) is 11.1 Å². The first-order valence-electron chi connectivity index (χ1n) is 9.28. The zero-order valence-electron chi connectivity index (χ0n) is 16.8. The van der Waals surface area contributed by atoms with Gasteiger partial charge in [0.05, 0.1) is 0 Å². The van der Waals surface area contributed by atoms with Crippen molar-refractivity contribution in [1.29, 1.82) is 0 Å². The number of phenols is 1. The number of allylic oxidation sites excluding steroid dienone is 4. The molecule has 4 nitrogen and oxygen atoms in total. The van der Waals surface area contributed by atoms with E-state index in [-0.39, 0.29) is 68.5 Å². The van der Waals surface area contributed by atoms with Gasteiger partial charge in [0.2, 0.25) is 0 Å². The van der Waals surface area contributed by atoms with Gasteiger partial charge in [-0.2, -0.15) is 0 Å². The topological polar surface area (TPSA) is 77.4 Å². The van der Waals surface area contributed by atoms with Gasteiger partial charge in [0.25, 0.3) is 0 Å². The second-order valence-corrected chi connectivity index (χ2v) is 8.30. The number of benzene rings is 3. The molecule has 0 saturated heterocycles. The third-order valence-electron chi connectivity index (χ3n) is 5.55. The number of rotatable bonds is 4. The number of hydrogen-bond acceptors (Lipinski definition) is 4. The SMILES string of the molecule is Cc1ccc2ccccc2c1C(=O)C1(c2ccccc2O)C=CC=CC1[P+](=O)[O-].[K+]. The summed E-state index contributed by atoms with van der Waals surface area (Å²) in [7, 11) is -2.99. The molecule has 6 heteroatoms. The molecule has 1 aliphatic rings. The van der Waals surface area contributed by atoms with Gasteiger partial charge in [-0.25, -0.2) is 0 Å². The van der Waals surface area contributed by atoms with E-state index in [9.17, 15) is 19.4 Å². The molecule has 0 radical (unpaired) electrons. The number of carbonyl (C=O) groups excluding carboxylic acids is 1. The molecule has 0 bridgehead atoms. The number of aryl methyl sites for hydroxylation is 1. The monoisotopic (exact) mass is 441 g/mol. The molecular formula is C24H19KO4P+. The molecule has 0 spiro atoms. The number of hydrogen-bond donors (Lipinski definition) is 1. The summed E-state index contributed by atoms with van der Waals surface area (Å²) >= 11 is 0. The molecule has 144 valence electrons. The minimum absolute atomic E-state index is 0. The Labute approximate surface area is 218 Å². The van der Waals surface area contributed by atoms with Gasteiger partial charge in [-0.3, -0.25) is 4.79 Å². The van der Waals surface area contributed by atoms with Crippen molar-refractivity contribution in [3.63, 3.8) is 0 Å². The van der Waals surface area contributed by atoms with Crippen molar-refractivity contribution in [2.24, 2.45) is 0 Å². The van der Waals surface area contributed by atoms with Crippen molar-refractivity contribution >= 4 is 24.6 Å². The van der Waals surface area contributed by atoms with E-state index in [1.54, 1.807) is 36.4 Å². The van der Waals surface area contributed by atoms with Gasteiger partial charge in [-0.1, -0.05) is 77.4 Å². The number of aromatic hydroxyl groups is 1. The Morgan fingerprint density at radius 2 is 1.73 bits per heavy atom. The average molecular weight is 441 g/mol. The van der Waals surface area contributed by atoms with Crippen LogP contribution < -0.4 is 56.3 Å². The number of Topliss-reactive ketones (excluding diaryl/α,β-unsaturated/α-hetero) is 1. The first kappa shape index (κ1) is 23.2. The fourth-order valence-corrected chi connectivity index (χ4v) is 5.07. The summed E-state index contributed by atoms with van der Waals surface area (Å²) < 4.78 is 12.3. The Morgan fingerprint density at radius 1 is 1.03 bits per heavy atom. The number of ketones is 1. The first-order valence-corrected chi connectivity index (χ1v) is 10.5. The summed E-state index contributed by atoms with van der Waals surface area (Å²) in [5.41, 5.74) is -1.16. The van der Waals surface area contributed by atoms with Crippen LogP contribution in [0, 0.1) is 6.92 Å². The predicted molar refractivity (Wildman–Crippen MR) is 112 cm³/mol. The summed E-state index contributed by atoms with van der Waals surface area (Å²) in [6.45, 7) is 1.84. The summed E-state index contributed by atoms with van der Waals surface area (Å²) in [6.07, 6.45) is 6.40. The van der Waals surface area contributed by atoms with Crippen molar-refractivity contribution in [1.82, 2.24) is 0 Å². The van der Waals surface area contributed by atoms with Crippen LogP contribution in [0.4, 0.5) is 0 Å². The maximum Gasteiger partial charge on any atom is 1.00 e. The fourth-order valence-electron chi connectivity index (χ4n) is 4.16. The van der Waals surface area contributed by atoms with Crippen LogP contribution in [0.5, 0.6) is 5.75 Å². The van der Waals surface area contributed by atoms with Crippen molar-refractivity contribution in [2.75, 3.05) is 0 Å². The molecule has 3 aromatic carbocycles. The second-order valence-electron chi connectivity index (χ2n) is 7.17. The third kappa shape index (κ3) is 3.80. The number of para-hydroxylation sites is 1. The smallest absolute Gasteiger partial charge is 0.595 e. The summed E-state index contributed by atoms with van der Waals surface area (Å²) in [4.78, 5) is 26.4. The van der Waals surface area contributed by atoms with Crippen LogP contribution in [-0.4, -0.2) is 16.5 Å². The van der Waals surface area contributed by atoms with Gasteiger partial charge in [0.15, 0.2) is 11.4 Å². The van der Waals surface area contributed by atoms with Gasteiger partial charge in [-0.05, 0) is 35.4 Å². The Balaban J connectivity index is 0.00000256. The molecule has 3 aromatic rings. The molecule has 1 N–H and O–H groups in total. The van der Waals surface area contributed by atoms with Crippen molar-refractivity contribution in [2.45, 2.75) is 18.0 Å². The molecule has 3 atom stereocenters. The minimum Gasteiger partial charge on any atom is -0.595 e. The molecule has 0 aliphatic heterocycles. The van der Waals surface area contributed by atoms with E-state index in [2.05, 4.69) is 0 Å². The second kappa shape index (κ2) is 9.37. The molecular weight excluding hydrogens is 422 g/mol. The molecule has 1 aliphatic carbocycles. The number of phenolic OH excluding ortho intramolecular Hbond substituents is 1. The van der Waals surface area contributed by atoms with E-state index in [0.29, 0.717) is 5.56 Å². The van der Waals surface area contributed by atoms with Gasteiger partial charge in [0.1, 0.15) is 11.2 Å². The van der Waals surface area contributed by atoms with E-state index >= 15 is 0 Å². The number of fused-ring (bicyclic) bond motifs is 1. The molecule has 30 heavy (non-hydrogen) atoms. The largest absolute Gasteiger partial charge is 1.00 e. The normalized spacial score (nSPS) is 20.6.